The fourth-order valence-corrected chi connectivity index (χ4v) is 4.91. The van der Waals surface area contributed by atoms with Gasteiger partial charge in [-0.15, -0.1) is 0 Å². The molecular formula is C15H15F7O6S2. The summed E-state index contributed by atoms with van der Waals surface area (Å²) >= 11 is 0. The zero-order chi connectivity index (χ0) is 21.9. The molecule has 1 fully saturated rings. The van der Waals surface area contributed by atoms with Gasteiger partial charge in [-0.2, -0.15) is 43.2 Å². The Hall–Kier alpha value is -1.77. The van der Waals surface area contributed by atoms with Crippen LogP contribution in [0.15, 0.2) is 12.1 Å². The summed E-state index contributed by atoms with van der Waals surface area (Å²) in [5, 5.41) is 0. The van der Waals surface area contributed by atoms with Crippen molar-refractivity contribution in [3.63, 3.8) is 0 Å². The molecule has 1 saturated carbocycles. The summed E-state index contributed by atoms with van der Waals surface area (Å²) in [4.78, 5) is 0. The van der Waals surface area contributed by atoms with E-state index in [1.165, 1.54) is 0 Å². The molecule has 6 nitrogen and oxygen atoms in total. The molecule has 3 rings (SSSR count). The zero-order valence-electron chi connectivity index (χ0n) is 14.8. The number of halogens is 7. The van der Waals surface area contributed by atoms with Gasteiger partial charge < -0.3 is 8.37 Å². The van der Waals surface area contributed by atoms with Gasteiger partial charge in [-0.25, -0.2) is 0 Å². The summed E-state index contributed by atoms with van der Waals surface area (Å²) in [6.07, 6.45) is 2.50. The van der Waals surface area contributed by atoms with E-state index in [0.29, 0.717) is 37.8 Å². The van der Waals surface area contributed by atoms with Crippen molar-refractivity contribution >= 4 is 20.2 Å². The van der Waals surface area contributed by atoms with E-state index in [0.717, 1.165) is 0 Å². The van der Waals surface area contributed by atoms with E-state index >= 15 is 0 Å². The maximum absolute atomic E-state index is 12.7. The number of hydrogen-bond acceptors (Lipinski definition) is 6. The average Bonchev–Trinajstić information content (AvgIpc) is 3.16. The van der Waals surface area contributed by atoms with Gasteiger partial charge in [-0.1, -0.05) is 12.8 Å². The molecule has 0 unspecified atom stereocenters. The van der Waals surface area contributed by atoms with Crippen molar-refractivity contribution in [2.24, 2.45) is 0 Å². The van der Waals surface area contributed by atoms with Crippen molar-refractivity contribution < 1.29 is 56.2 Å². The fraction of sp³-hybridized carbons (Fsp3) is 0.600. The summed E-state index contributed by atoms with van der Waals surface area (Å²) in [5.41, 5.74) is -12.4. The molecule has 172 valence electrons. The smallest absolute Gasteiger partial charge is 0.376 e. The van der Waals surface area contributed by atoms with Crippen LogP contribution in [0, 0.1) is 0 Å². The predicted octanol–water partition coefficient (Wildman–Crippen LogP) is 4.05. The molecule has 0 N–H and O–H groups in total. The highest BCUT2D eigenvalue weighted by Gasteiger charge is 2.52. The lowest BCUT2D eigenvalue weighted by atomic mass is 9.80. The lowest BCUT2D eigenvalue weighted by molar-refractivity contribution is -0.0506. The molecule has 0 radical (unpaired) electrons. The van der Waals surface area contributed by atoms with E-state index in [1.54, 1.807) is 0 Å². The van der Waals surface area contributed by atoms with Crippen molar-refractivity contribution in [3.05, 3.63) is 23.3 Å². The van der Waals surface area contributed by atoms with Crippen LogP contribution in [-0.2, 0) is 32.1 Å². The molecule has 0 aromatic heterocycles. The highest BCUT2D eigenvalue weighted by molar-refractivity contribution is 7.88. The quantitative estimate of drug-likeness (QED) is 0.361. The largest absolute Gasteiger partial charge is 0.534 e. The lowest BCUT2D eigenvalue weighted by Gasteiger charge is -2.27. The van der Waals surface area contributed by atoms with Gasteiger partial charge >= 0.3 is 31.3 Å². The van der Waals surface area contributed by atoms with Gasteiger partial charge in [-0.3, -0.25) is 4.70 Å². The van der Waals surface area contributed by atoms with Gasteiger partial charge in [-0.05, 0) is 43.2 Å². The highest BCUT2D eigenvalue weighted by Crippen LogP contribution is 2.56. The Morgan fingerprint density at radius 3 is 1.67 bits per heavy atom. The lowest BCUT2D eigenvalue weighted by Crippen LogP contribution is -2.30. The molecule has 0 atom stereocenters. The van der Waals surface area contributed by atoms with Crippen molar-refractivity contribution in [1.29, 1.82) is 0 Å². The Morgan fingerprint density at radius 1 is 0.767 bits per heavy atom. The van der Waals surface area contributed by atoms with E-state index in [4.69, 9.17) is 0 Å². The van der Waals surface area contributed by atoms with E-state index in [-0.39, 0.29) is 28.7 Å². The Balaban J connectivity index is 0.00000320. The highest BCUT2D eigenvalue weighted by atomic mass is 32.2. The maximum atomic E-state index is 12.7. The van der Waals surface area contributed by atoms with Crippen LogP contribution in [0.3, 0.4) is 0 Å². The Kier molecular flexibility index (Phi) is 6.06. The predicted molar refractivity (Wildman–Crippen MR) is 88.6 cm³/mol. The Labute approximate surface area is 166 Å². The number of benzene rings is 1. The van der Waals surface area contributed by atoms with Crippen LogP contribution < -0.4 is 8.37 Å². The summed E-state index contributed by atoms with van der Waals surface area (Å²) in [6, 6.07) is 1.35. The van der Waals surface area contributed by atoms with Crippen LogP contribution in [0.4, 0.5) is 31.0 Å². The van der Waals surface area contributed by atoms with Crippen molar-refractivity contribution in [1.82, 2.24) is 0 Å². The summed E-state index contributed by atoms with van der Waals surface area (Å²) in [6.45, 7) is 0. The second kappa shape index (κ2) is 7.43. The molecule has 0 saturated heterocycles. The van der Waals surface area contributed by atoms with Gasteiger partial charge in [0.05, 0.1) is 0 Å². The molecule has 0 bridgehead atoms. The van der Waals surface area contributed by atoms with Crippen LogP contribution in [-0.4, -0.2) is 27.9 Å². The van der Waals surface area contributed by atoms with Crippen LogP contribution in [0.25, 0.3) is 0 Å². The first-order valence-corrected chi connectivity index (χ1v) is 11.1. The minimum Gasteiger partial charge on any atom is -0.376 e. The van der Waals surface area contributed by atoms with Gasteiger partial charge in [0.25, 0.3) is 0 Å². The standard InChI is InChI=1S/C15H14F6O6S2.FH/c16-14(17,18)28(22,23)26-10-3-4-11(27-29(24,25)15(19,20)21)12-9(10)5-8-13(12)6-1-2-7-13;/h3-4H,1-2,5-8H2;1H. The van der Waals surface area contributed by atoms with Crippen molar-refractivity contribution in [2.45, 2.75) is 55.0 Å². The molecule has 30 heavy (non-hydrogen) atoms. The SMILES string of the molecule is F.O=S(=O)(Oc1ccc(OS(=O)(=O)C(F)(F)F)c2c1CCC21CCCC1)C(F)(F)F. The van der Waals surface area contributed by atoms with Crippen LogP contribution in [0.5, 0.6) is 11.5 Å². The molecule has 1 aromatic rings. The zero-order valence-corrected chi connectivity index (χ0v) is 16.5. The van der Waals surface area contributed by atoms with Gasteiger partial charge in [0.15, 0.2) is 0 Å². The fourth-order valence-electron chi connectivity index (χ4n) is 3.96. The second-order valence-corrected chi connectivity index (χ2v) is 9.94. The molecule has 1 spiro atoms. The van der Waals surface area contributed by atoms with E-state index in [1.807, 2.05) is 0 Å². The van der Waals surface area contributed by atoms with E-state index < -0.39 is 48.2 Å². The second-order valence-electron chi connectivity index (χ2n) is 6.87. The first-order chi connectivity index (χ1) is 13.1. The topological polar surface area (TPSA) is 86.7 Å². The molecule has 1 aromatic carbocycles. The van der Waals surface area contributed by atoms with Crippen molar-refractivity contribution in [2.75, 3.05) is 0 Å². The van der Waals surface area contributed by atoms with Crippen LogP contribution >= 0.6 is 0 Å². The number of rotatable bonds is 4. The number of fused-ring (bicyclic) bond motifs is 2. The average molecular weight is 488 g/mol. The first kappa shape index (κ1) is 24.5. The first-order valence-electron chi connectivity index (χ1n) is 8.28. The molecular weight excluding hydrogens is 473 g/mol. The van der Waals surface area contributed by atoms with E-state index in [2.05, 4.69) is 8.37 Å². The van der Waals surface area contributed by atoms with Crippen LogP contribution in [0.2, 0.25) is 0 Å². The summed E-state index contributed by atoms with van der Waals surface area (Å²) in [7, 11) is -12.0. The third kappa shape index (κ3) is 4.05. The van der Waals surface area contributed by atoms with Gasteiger partial charge in [0, 0.05) is 11.1 Å². The number of hydrogen-bond donors (Lipinski definition) is 0. The van der Waals surface area contributed by atoms with Crippen LogP contribution in [0.1, 0.15) is 43.2 Å². The maximum Gasteiger partial charge on any atom is 0.534 e. The minimum atomic E-state index is -6.03. The monoisotopic (exact) mass is 488 g/mol. The summed E-state index contributed by atoms with van der Waals surface area (Å²) in [5.74, 6) is -1.40. The normalized spacial score (nSPS) is 18.7. The molecule has 0 aliphatic heterocycles. The molecule has 0 heterocycles. The Morgan fingerprint density at radius 2 is 1.20 bits per heavy atom. The summed E-state index contributed by atoms with van der Waals surface area (Å²) < 4.78 is 130. The molecule has 2 aliphatic rings. The molecule has 2 aliphatic carbocycles. The van der Waals surface area contributed by atoms with Crippen molar-refractivity contribution in [3.8, 4) is 11.5 Å². The van der Waals surface area contributed by atoms with Gasteiger partial charge in [0.1, 0.15) is 11.5 Å². The third-order valence-electron chi connectivity index (χ3n) is 5.14. The van der Waals surface area contributed by atoms with E-state index in [9.17, 15) is 43.2 Å². The molecule has 15 heteroatoms. The van der Waals surface area contributed by atoms with Gasteiger partial charge in [0.2, 0.25) is 0 Å². The molecule has 0 amide bonds. The number of alkyl halides is 6. The minimum absolute atomic E-state index is 0. The third-order valence-corrected chi connectivity index (χ3v) is 7.07. The Bertz CT molecular complexity index is 1020.